The number of morpholine rings is 1. The molecule has 1 aliphatic rings. The van der Waals surface area contributed by atoms with Crippen LogP contribution in [0, 0.1) is 0 Å². The highest BCUT2D eigenvalue weighted by Gasteiger charge is 2.12. The quantitative estimate of drug-likeness (QED) is 0.848. The molecule has 1 aromatic heterocycles. The van der Waals surface area contributed by atoms with E-state index in [0.717, 1.165) is 43.4 Å². The van der Waals surface area contributed by atoms with Crippen LogP contribution in [-0.4, -0.2) is 44.3 Å². The highest BCUT2D eigenvalue weighted by molar-refractivity contribution is 6.01. The molecule has 0 bridgehead atoms. The largest absolute Gasteiger partial charge is 0.497 e. The summed E-state index contributed by atoms with van der Waals surface area (Å²) in [5, 5.41) is 2.81. The molecular weight excluding hydrogens is 318 g/mol. The second-order valence-electron chi connectivity index (χ2n) is 5.60. The van der Waals surface area contributed by atoms with E-state index in [4.69, 9.17) is 9.47 Å². The lowest BCUT2D eigenvalue weighted by atomic mass is 10.2. The number of aromatic nitrogens is 1. The van der Waals surface area contributed by atoms with Gasteiger partial charge < -0.3 is 19.7 Å². The minimum Gasteiger partial charge on any atom is -0.497 e. The molecule has 6 nitrogen and oxygen atoms in total. The van der Waals surface area contributed by atoms with Gasteiger partial charge in [0.15, 0.2) is 0 Å². The van der Waals surface area contributed by atoms with Crippen LogP contribution in [0.4, 0.5) is 11.5 Å². The average Bonchev–Trinajstić information content (AvgIpc) is 2.68. The Hall–Kier alpha value is -2.86. The van der Waals surface area contributed by atoms with Crippen LogP contribution in [0.2, 0.25) is 0 Å². The third kappa shape index (κ3) is 4.81. The molecule has 2 aromatic rings. The van der Waals surface area contributed by atoms with E-state index in [-0.39, 0.29) is 5.91 Å². The summed E-state index contributed by atoms with van der Waals surface area (Å²) in [4.78, 5) is 18.6. The summed E-state index contributed by atoms with van der Waals surface area (Å²) in [7, 11) is 1.62. The van der Waals surface area contributed by atoms with Gasteiger partial charge in [-0.2, -0.15) is 0 Å². The maximum Gasteiger partial charge on any atom is 0.248 e. The number of carbonyl (C=O) groups is 1. The number of amides is 1. The van der Waals surface area contributed by atoms with Crippen LogP contribution in [0.5, 0.6) is 5.75 Å². The SMILES string of the molecule is COc1ccc(C=CC(=O)Nc2ccc(N3CCOCC3)nc2)cc1. The number of nitrogens with zero attached hydrogens (tertiary/aromatic N) is 2. The molecule has 1 N–H and O–H groups in total. The maximum absolute atomic E-state index is 12.0. The van der Waals surface area contributed by atoms with E-state index in [0.29, 0.717) is 5.69 Å². The lowest BCUT2D eigenvalue weighted by molar-refractivity contribution is -0.111. The lowest BCUT2D eigenvalue weighted by Gasteiger charge is -2.27. The van der Waals surface area contributed by atoms with Gasteiger partial charge in [0.2, 0.25) is 5.91 Å². The standard InChI is InChI=1S/C19H21N3O3/c1-24-17-6-2-15(3-7-17)4-9-19(23)21-16-5-8-18(20-14-16)22-10-12-25-13-11-22/h2-9,14H,10-13H2,1H3,(H,21,23). The van der Waals surface area contributed by atoms with Crippen molar-refractivity contribution in [1.29, 1.82) is 0 Å². The molecule has 1 fully saturated rings. The van der Waals surface area contributed by atoms with Gasteiger partial charge in [0, 0.05) is 19.2 Å². The van der Waals surface area contributed by atoms with Crippen LogP contribution < -0.4 is 15.0 Å². The number of hydrogen-bond donors (Lipinski definition) is 1. The van der Waals surface area contributed by atoms with Gasteiger partial charge in [-0.1, -0.05) is 12.1 Å². The van der Waals surface area contributed by atoms with Crippen molar-refractivity contribution in [2.75, 3.05) is 43.6 Å². The number of carbonyl (C=O) groups excluding carboxylic acids is 1. The van der Waals surface area contributed by atoms with E-state index in [9.17, 15) is 4.79 Å². The van der Waals surface area contributed by atoms with Crippen molar-refractivity contribution in [1.82, 2.24) is 4.98 Å². The monoisotopic (exact) mass is 339 g/mol. The molecule has 1 amide bonds. The number of nitrogens with one attached hydrogen (secondary N) is 1. The Bertz CT molecular complexity index is 721. The van der Waals surface area contributed by atoms with E-state index >= 15 is 0 Å². The van der Waals surface area contributed by atoms with Gasteiger partial charge in [-0.3, -0.25) is 4.79 Å². The summed E-state index contributed by atoms with van der Waals surface area (Å²) in [5.74, 6) is 1.49. The highest BCUT2D eigenvalue weighted by Crippen LogP contribution is 2.16. The minimum absolute atomic E-state index is 0.197. The minimum atomic E-state index is -0.197. The van der Waals surface area contributed by atoms with Gasteiger partial charge in [-0.15, -0.1) is 0 Å². The number of hydrogen-bond acceptors (Lipinski definition) is 5. The fourth-order valence-electron chi connectivity index (χ4n) is 2.51. The van der Waals surface area contributed by atoms with E-state index in [2.05, 4.69) is 15.2 Å². The number of rotatable bonds is 5. The number of methoxy groups -OCH3 is 1. The first-order valence-corrected chi connectivity index (χ1v) is 8.16. The van der Waals surface area contributed by atoms with E-state index < -0.39 is 0 Å². The third-order valence-electron chi connectivity index (χ3n) is 3.89. The topological polar surface area (TPSA) is 63.7 Å². The molecule has 6 heteroatoms. The van der Waals surface area contributed by atoms with Crippen molar-refractivity contribution in [2.24, 2.45) is 0 Å². The molecule has 130 valence electrons. The Labute approximate surface area is 147 Å². The molecule has 0 radical (unpaired) electrons. The van der Waals surface area contributed by atoms with Crippen molar-refractivity contribution < 1.29 is 14.3 Å². The molecule has 25 heavy (non-hydrogen) atoms. The summed E-state index contributed by atoms with van der Waals surface area (Å²) >= 11 is 0. The van der Waals surface area contributed by atoms with Crippen molar-refractivity contribution in [2.45, 2.75) is 0 Å². The summed E-state index contributed by atoms with van der Waals surface area (Å²) < 4.78 is 10.4. The van der Waals surface area contributed by atoms with Crippen molar-refractivity contribution in [3.05, 3.63) is 54.2 Å². The Balaban J connectivity index is 1.55. The van der Waals surface area contributed by atoms with E-state index in [1.165, 1.54) is 6.08 Å². The molecule has 0 atom stereocenters. The van der Waals surface area contributed by atoms with Crippen molar-refractivity contribution >= 4 is 23.5 Å². The number of ether oxygens (including phenoxy) is 2. The lowest BCUT2D eigenvalue weighted by Crippen LogP contribution is -2.36. The predicted octanol–water partition coefficient (Wildman–Crippen LogP) is 2.58. The molecule has 3 rings (SSSR count). The maximum atomic E-state index is 12.0. The van der Waals surface area contributed by atoms with Crippen molar-refractivity contribution in [3.8, 4) is 5.75 Å². The second kappa shape index (κ2) is 8.30. The fraction of sp³-hybridized carbons (Fsp3) is 0.263. The smallest absolute Gasteiger partial charge is 0.248 e. The predicted molar refractivity (Wildman–Crippen MR) is 97.9 cm³/mol. The number of pyridine rings is 1. The first-order chi connectivity index (χ1) is 12.2. The fourth-order valence-corrected chi connectivity index (χ4v) is 2.51. The van der Waals surface area contributed by atoms with E-state index in [1.807, 2.05) is 36.4 Å². The molecule has 1 aromatic carbocycles. The van der Waals surface area contributed by atoms with Crippen LogP contribution in [0.15, 0.2) is 48.7 Å². The summed E-state index contributed by atoms with van der Waals surface area (Å²) in [5.41, 5.74) is 1.60. The number of anilines is 2. The van der Waals surface area contributed by atoms with Crippen LogP contribution >= 0.6 is 0 Å². The average molecular weight is 339 g/mol. The summed E-state index contributed by atoms with van der Waals surface area (Å²) in [6.45, 7) is 3.11. The summed E-state index contributed by atoms with van der Waals surface area (Å²) in [6, 6.07) is 11.3. The normalized spacial score (nSPS) is 14.5. The molecule has 0 unspecified atom stereocenters. The van der Waals surface area contributed by atoms with Crippen molar-refractivity contribution in [3.63, 3.8) is 0 Å². The van der Waals surface area contributed by atoms with Gasteiger partial charge in [0.05, 0.1) is 32.2 Å². The molecule has 0 saturated carbocycles. The number of benzene rings is 1. The van der Waals surface area contributed by atoms with Gasteiger partial charge in [0.25, 0.3) is 0 Å². The van der Waals surface area contributed by atoms with Gasteiger partial charge in [-0.05, 0) is 35.9 Å². The molecule has 0 spiro atoms. The van der Waals surface area contributed by atoms with E-state index in [1.54, 1.807) is 19.4 Å². The van der Waals surface area contributed by atoms with Gasteiger partial charge in [0.1, 0.15) is 11.6 Å². The Morgan fingerprint density at radius 2 is 1.96 bits per heavy atom. The van der Waals surface area contributed by atoms with Gasteiger partial charge >= 0.3 is 0 Å². The Morgan fingerprint density at radius 3 is 2.60 bits per heavy atom. The zero-order chi connectivity index (χ0) is 17.5. The zero-order valence-corrected chi connectivity index (χ0v) is 14.1. The van der Waals surface area contributed by atoms with Crippen LogP contribution in [0.25, 0.3) is 6.08 Å². The third-order valence-corrected chi connectivity index (χ3v) is 3.89. The first-order valence-electron chi connectivity index (χ1n) is 8.16. The molecular formula is C19H21N3O3. The molecule has 1 saturated heterocycles. The first kappa shape index (κ1) is 17.0. The van der Waals surface area contributed by atoms with Crippen LogP contribution in [0.1, 0.15) is 5.56 Å². The van der Waals surface area contributed by atoms with Crippen LogP contribution in [0.3, 0.4) is 0 Å². The summed E-state index contributed by atoms with van der Waals surface area (Å²) in [6.07, 6.45) is 4.92. The van der Waals surface area contributed by atoms with Gasteiger partial charge in [-0.25, -0.2) is 4.98 Å². The van der Waals surface area contributed by atoms with Crippen LogP contribution in [-0.2, 0) is 9.53 Å². The Morgan fingerprint density at radius 1 is 1.20 bits per heavy atom. The molecule has 0 aliphatic carbocycles. The molecule has 2 heterocycles. The Kier molecular flexibility index (Phi) is 5.64. The zero-order valence-electron chi connectivity index (χ0n) is 14.1. The second-order valence-corrected chi connectivity index (χ2v) is 5.60. The molecule has 1 aliphatic heterocycles. The highest BCUT2D eigenvalue weighted by atomic mass is 16.5.